The van der Waals surface area contributed by atoms with E-state index in [1.165, 1.54) is 13.8 Å². The predicted octanol–water partition coefficient (Wildman–Crippen LogP) is 1.43. The van der Waals surface area contributed by atoms with Gasteiger partial charge in [-0.05, 0) is 86.9 Å². The van der Waals surface area contributed by atoms with Crippen LogP contribution in [0.1, 0.15) is 111 Å². The summed E-state index contributed by atoms with van der Waals surface area (Å²) in [5.74, 6) is -7.78. The molecule has 0 bridgehead atoms. The van der Waals surface area contributed by atoms with Crippen molar-refractivity contribution in [3.05, 3.63) is 108 Å². The predicted molar refractivity (Wildman–Crippen MR) is 307 cm³/mol. The quantitative estimate of drug-likeness (QED) is 0.0372. The zero-order valence-electron chi connectivity index (χ0n) is 48.1. The molecule has 0 radical (unpaired) electrons. The topological polar surface area (TPSA) is 351 Å². The summed E-state index contributed by atoms with van der Waals surface area (Å²) in [4.78, 5) is 135. The highest BCUT2D eigenvalue weighted by Gasteiger charge is 2.34. The van der Waals surface area contributed by atoms with Crippen molar-refractivity contribution in [3.8, 4) is 0 Å². The number of carbonyl (C=O) groups excluding carboxylic acids is 9. The Morgan fingerprint density at radius 3 is 1.15 bits per heavy atom. The number of amides is 9. The SMILES string of the molecule is CC(C)C[C@H](NC(=O)[C@H](Cc1ccccc1)NC(=O)[C@H](C)NC(=O)[C@H](Cc1ccccc1)NC(=O)CNC(=O)[C@H](Cc1ccccc1)NC(=O)[C@H](C)NC(=O)[C@H](CC(C)C)NC(=O)[C@H](CC(C)C)NC(=O)[C@@H](N)CCCCN)C(=O)O. The van der Waals surface area contributed by atoms with Crippen molar-refractivity contribution in [2.45, 2.75) is 168 Å². The largest absolute Gasteiger partial charge is 0.480 e. The molecule has 0 aliphatic heterocycles. The first kappa shape index (κ1) is 67.6. The van der Waals surface area contributed by atoms with Crippen molar-refractivity contribution in [1.29, 1.82) is 0 Å². The van der Waals surface area contributed by atoms with Gasteiger partial charge in [0.05, 0.1) is 12.6 Å². The molecule has 3 rings (SSSR count). The summed E-state index contributed by atoms with van der Waals surface area (Å²) in [5.41, 5.74) is 13.7. The van der Waals surface area contributed by atoms with E-state index in [2.05, 4.69) is 47.9 Å². The van der Waals surface area contributed by atoms with Crippen LogP contribution < -0.4 is 59.3 Å². The Hall–Kier alpha value is -7.72. The summed E-state index contributed by atoms with van der Waals surface area (Å²) in [6.45, 7) is 13.7. The van der Waals surface area contributed by atoms with Crippen molar-refractivity contribution in [2.75, 3.05) is 13.1 Å². The molecule has 0 heterocycles. The molecule has 3 aromatic carbocycles. The number of benzene rings is 3. The van der Waals surface area contributed by atoms with Gasteiger partial charge < -0.3 is 64.4 Å². The summed E-state index contributed by atoms with van der Waals surface area (Å²) < 4.78 is 0. The molecule has 444 valence electrons. The minimum absolute atomic E-state index is 0.00771. The molecule has 9 atom stereocenters. The third-order valence-electron chi connectivity index (χ3n) is 13.0. The van der Waals surface area contributed by atoms with Gasteiger partial charge in [-0.2, -0.15) is 0 Å². The smallest absolute Gasteiger partial charge is 0.326 e. The van der Waals surface area contributed by atoms with E-state index in [0.29, 0.717) is 42.5 Å². The van der Waals surface area contributed by atoms with E-state index >= 15 is 0 Å². The average molecular weight is 1130 g/mol. The van der Waals surface area contributed by atoms with Crippen LogP contribution in [0.15, 0.2) is 91.0 Å². The number of carbonyl (C=O) groups is 10. The number of aliphatic carboxylic acids is 1. The summed E-state index contributed by atoms with van der Waals surface area (Å²) >= 11 is 0. The summed E-state index contributed by atoms with van der Waals surface area (Å²) in [6, 6.07) is 15.8. The van der Waals surface area contributed by atoms with Crippen LogP contribution in [0.25, 0.3) is 0 Å². The zero-order chi connectivity index (χ0) is 60.2. The van der Waals surface area contributed by atoms with Gasteiger partial charge in [-0.1, -0.05) is 139 Å². The number of rotatable bonds is 35. The van der Waals surface area contributed by atoms with Crippen LogP contribution >= 0.6 is 0 Å². The van der Waals surface area contributed by atoms with Gasteiger partial charge in [0.1, 0.15) is 48.3 Å². The lowest BCUT2D eigenvalue weighted by Gasteiger charge is -2.27. The van der Waals surface area contributed by atoms with E-state index in [-0.39, 0.29) is 56.3 Å². The van der Waals surface area contributed by atoms with Gasteiger partial charge in [0, 0.05) is 19.3 Å². The number of unbranched alkanes of at least 4 members (excludes halogenated alkanes) is 1. The Morgan fingerprint density at radius 1 is 0.407 bits per heavy atom. The van der Waals surface area contributed by atoms with Crippen LogP contribution in [-0.4, -0.2) is 132 Å². The number of nitrogens with two attached hydrogens (primary N) is 2. The third kappa shape index (κ3) is 25.5. The van der Waals surface area contributed by atoms with E-state index in [9.17, 15) is 53.1 Å². The molecule has 0 aliphatic carbocycles. The first-order valence-corrected chi connectivity index (χ1v) is 27.9. The zero-order valence-corrected chi connectivity index (χ0v) is 48.1. The normalized spacial score (nSPS) is 14.5. The van der Waals surface area contributed by atoms with Crippen molar-refractivity contribution in [3.63, 3.8) is 0 Å². The van der Waals surface area contributed by atoms with E-state index in [1.807, 2.05) is 41.5 Å². The first-order chi connectivity index (χ1) is 38.4. The van der Waals surface area contributed by atoms with Gasteiger partial charge in [0.2, 0.25) is 53.2 Å². The fraction of sp³-hybridized carbons (Fsp3) is 0.525. The summed E-state index contributed by atoms with van der Waals surface area (Å²) in [5, 5.41) is 33.6. The Morgan fingerprint density at radius 2 is 0.741 bits per heavy atom. The van der Waals surface area contributed by atoms with Crippen LogP contribution in [0.3, 0.4) is 0 Å². The summed E-state index contributed by atoms with van der Waals surface area (Å²) in [7, 11) is 0. The van der Waals surface area contributed by atoms with Crippen molar-refractivity contribution in [2.24, 2.45) is 29.2 Å². The molecular formula is C59H87N11O11. The number of carboxylic acid groups (broad SMARTS) is 1. The molecule has 0 aliphatic rings. The molecule has 0 unspecified atom stereocenters. The Balaban J connectivity index is 1.75. The molecular weight excluding hydrogens is 1040 g/mol. The Labute approximate surface area is 476 Å². The highest BCUT2D eigenvalue weighted by Crippen LogP contribution is 2.13. The van der Waals surface area contributed by atoms with Crippen LogP contribution in [0.4, 0.5) is 0 Å². The number of carboxylic acids is 1. The maximum Gasteiger partial charge on any atom is 0.326 e. The molecule has 0 saturated heterocycles. The maximum atomic E-state index is 14.0. The van der Waals surface area contributed by atoms with Crippen molar-refractivity contribution in [1.82, 2.24) is 47.9 Å². The lowest BCUT2D eigenvalue weighted by Crippen LogP contribution is -2.59. The van der Waals surface area contributed by atoms with Crippen LogP contribution in [0.5, 0.6) is 0 Å². The minimum atomic E-state index is -1.29. The van der Waals surface area contributed by atoms with Crippen LogP contribution in [-0.2, 0) is 67.2 Å². The Bertz CT molecular complexity index is 2520. The molecule has 0 fully saturated rings. The molecule has 81 heavy (non-hydrogen) atoms. The van der Waals surface area contributed by atoms with E-state index in [0.717, 1.165) is 0 Å². The van der Waals surface area contributed by atoms with Gasteiger partial charge >= 0.3 is 5.97 Å². The van der Waals surface area contributed by atoms with Crippen molar-refractivity contribution < 1.29 is 53.1 Å². The second kappa shape index (κ2) is 35.1. The second-order valence-corrected chi connectivity index (χ2v) is 21.8. The number of nitrogens with one attached hydrogen (secondary N) is 9. The van der Waals surface area contributed by atoms with Crippen molar-refractivity contribution >= 4 is 59.1 Å². The molecule has 22 nitrogen and oxygen atoms in total. The summed E-state index contributed by atoms with van der Waals surface area (Å²) in [6.07, 6.45) is 2.23. The lowest BCUT2D eigenvalue weighted by molar-refractivity contribution is -0.142. The molecule has 0 saturated carbocycles. The van der Waals surface area contributed by atoms with E-state index in [4.69, 9.17) is 11.5 Å². The highest BCUT2D eigenvalue weighted by atomic mass is 16.4. The molecule has 3 aromatic rings. The van der Waals surface area contributed by atoms with Crippen LogP contribution in [0.2, 0.25) is 0 Å². The fourth-order valence-corrected chi connectivity index (χ4v) is 8.63. The molecule has 0 aromatic heterocycles. The van der Waals surface area contributed by atoms with Gasteiger partial charge in [0.25, 0.3) is 0 Å². The molecule has 14 N–H and O–H groups in total. The number of hydrogen-bond acceptors (Lipinski definition) is 12. The van der Waals surface area contributed by atoms with Gasteiger partial charge in [0.15, 0.2) is 0 Å². The maximum absolute atomic E-state index is 14.0. The first-order valence-electron chi connectivity index (χ1n) is 27.9. The van der Waals surface area contributed by atoms with E-state index in [1.54, 1.807) is 91.0 Å². The molecule has 22 heteroatoms. The third-order valence-corrected chi connectivity index (χ3v) is 13.0. The fourth-order valence-electron chi connectivity index (χ4n) is 8.63. The van der Waals surface area contributed by atoms with Gasteiger partial charge in [-0.15, -0.1) is 0 Å². The standard InChI is InChI=1S/C59H87N11O11/c1-35(2)28-44(69-57(78)45(29-36(3)4)68-53(74)43(61)26-18-19-27-60)55(76)63-38(7)51(72)66-46(31-40-20-12-9-13-21-40)54(75)62-34-50(71)65-47(32-41-22-14-10-15-23-41)56(77)64-39(8)52(73)67-48(33-42-24-16-11-17-25-42)58(79)70-49(59(80)81)30-37(5)6/h9-17,20-25,35-39,43-49H,18-19,26-34,60-61H2,1-8H3,(H,62,75)(H,63,76)(H,64,77)(H,65,71)(H,66,72)(H,67,73)(H,68,74)(H,69,78)(H,70,79)(H,80,81)/t38-,39-,43-,44-,45-,46-,47-,48-,49-/m0/s1. The minimum Gasteiger partial charge on any atom is -0.480 e. The molecule has 0 spiro atoms. The lowest BCUT2D eigenvalue weighted by atomic mass is 9.99. The van der Waals surface area contributed by atoms with Gasteiger partial charge in [-0.25, -0.2) is 4.79 Å². The highest BCUT2D eigenvalue weighted by molar-refractivity contribution is 5.98. The monoisotopic (exact) mass is 1130 g/mol. The van der Waals surface area contributed by atoms with E-state index < -0.39 is 120 Å². The second-order valence-electron chi connectivity index (χ2n) is 21.8. The Kier molecular flexibility index (Phi) is 29.3. The van der Waals surface area contributed by atoms with Gasteiger partial charge in [-0.3, -0.25) is 43.2 Å². The molecule has 9 amide bonds. The van der Waals surface area contributed by atoms with Crippen LogP contribution in [0, 0.1) is 17.8 Å². The number of hydrogen-bond donors (Lipinski definition) is 12. The average Bonchev–Trinajstić information content (AvgIpc) is 3.42.